The van der Waals surface area contributed by atoms with Crippen molar-refractivity contribution in [3.63, 3.8) is 0 Å². The number of nitrogens with zero attached hydrogens (tertiary/aromatic N) is 4. The predicted molar refractivity (Wildman–Crippen MR) is 73.0 cm³/mol. The van der Waals surface area contributed by atoms with Crippen LogP contribution in [0.3, 0.4) is 0 Å². The molecule has 0 atom stereocenters. The third kappa shape index (κ3) is 3.54. The molecule has 0 aliphatic carbocycles. The lowest BCUT2D eigenvalue weighted by Crippen LogP contribution is -2.07. The molecule has 1 N–H and O–H groups in total. The quantitative estimate of drug-likeness (QED) is 0.609. The monoisotopic (exact) mass is 263 g/mol. The Balaban J connectivity index is 1.92. The van der Waals surface area contributed by atoms with Gasteiger partial charge in [-0.15, -0.1) is 5.10 Å². The number of hydrogen-bond acceptors (Lipinski definition) is 5. The second-order valence-corrected chi connectivity index (χ2v) is 4.93. The Morgan fingerprint density at radius 1 is 1.22 bits per heavy atom. The van der Waals surface area contributed by atoms with E-state index in [-0.39, 0.29) is 0 Å². The SMILES string of the molecule is CNCCCCSc1nnnn1-c1ccccc1. The summed E-state index contributed by atoms with van der Waals surface area (Å²) in [5.74, 6) is 1.04. The normalized spacial score (nSPS) is 10.7. The van der Waals surface area contributed by atoms with Crippen LogP contribution in [0.5, 0.6) is 0 Å². The molecule has 0 saturated heterocycles. The summed E-state index contributed by atoms with van der Waals surface area (Å²) in [4.78, 5) is 0. The lowest BCUT2D eigenvalue weighted by molar-refractivity contribution is 0.712. The summed E-state index contributed by atoms with van der Waals surface area (Å²) in [5, 5.41) is 15.8. The average molecular weight is 263 g/mol. The molecule has 0 bridgehead atoms. The first-order valence-corrected chi connectivity index (χ1v) is 7.01. The van der Waals surface area contributed by atoms with E-state index in [1.54, 1.807) is 16.4 Å². The molecule has 0 radical (unpaired) electrons. The zero-order chi connectivity index (χ0) is 12.6. The Morgan fingerprint density at radius 3 is 2.83 bits per heavy atom. The molecule has 0 unspecified atom stereocenters. The highest BCUT2D eigenvalue weighted by Gasteiger charge is 2.07. The smallest absolute Gasteiger partial charge is 0.214 e. The molecule has 2 aromatic rings. The van der Waals surface area contributed by atoms with Crippen LogP contribution >= 0.6 is 11.8 Å². The largest absolute Gasteiger partial charge is 0.320 e. The van der Waals surface area contributed by atoms with Crippen LogP contribution in [-0.2, 0) is 0 Å². The molecule has 96 valence electrons. The van der Waals surface area contributed by atoms with Gasteiger partial charge in [-0.2, -0.15) is 4.68 Å². The van der Waals surface area contributed by atoms with Crippen LogP contribution < -0.4 is 5.32 Å². The van der Waals surface area contributed by atoms with Gasteiger partial charge in [0.25, 0.3) is 0 Å². The van der Waals surface area contributed by atoms with Gasteiger partial charge in [0.05, 0.1) is 5.69 Å². The highest BCUT2D eigenvalue weighted by Crippen LogP contribution is 2.18. The molecule has 18 heavy (non-hydrogen) atoms. The van der Waals surface area contributed by atoms with Gasteiger partial charge in [0, 0.05) is 5.75 Å². The molecule has 1 aromatic carbocycles. The molecule has 1 aromatic heterocycles. The van der Waals surface area contributed by atoms with Crippen molar-refractivity contribution < 1.29 is 0 Å². The van der Waals surface area contributed by atoms with Gasteiger partial charge in [-0.1, -0.05) is 30.0 Å². The summed E-state index contributed by atoms with van der Waals surface area (Å²) < 4.78 is 1.78. The number of rotatable bonds is 7. The Bertz CT molecular complexity index is 457. The summed E-state index contributed by atoms with van der Waals surface area (Å²) in [6, 6.07) is 9.96. The zero-order valence-corrected chi connectivity index (χ0v) is 11.2. The van der Waals surface area contributed by atoms with E-state index in [9.17, 15) is 0 Å². The summed E-state index contributed by atoms with van der Waals surface area (Å²) in [7, 11) is 1.98. The first-order valence-electron chi connectivity index (χ1n) is 6.03. The molecule has 2 rings (SSSR count). The van der Waals surface area contributed by atoms with Crippen LogP contribution in [0.2, 0.25) is 0 Å². The maximum Gasteiger partial charge on any atom is 0.214 e. The van der Waals surface area contributed by atoms with Crippen molar-refractivity contribution in [3.8, 4) is 5.69 Å². The minimum Gasteiger partial charge on any atom is -0.320 e. The molecule has 0 spiro atoms. The molecular formula is C12H17N5S. The number of benzene rings is 1. The van der Waals surface area contributed by atoms with Crippen molar-refractivity contribution in [2.45, 2.75) is 18.0 Å². The van der Waals surface area contributed by atoms with Crippen LogP contribution in [0.25, 0.3) is 5.69 Å². The van der Waals surface area contributed by atoms with Crippen molar-refractivity contribution in [1.29, 1.82) is 0 Å². The molecule has 0 aliphatic rings. The number of unbranched alkanes of at least 4 members (excludes halogenated alkanes) is 1. The van der Waals surface area contributed by atoms with Crippen LogP contribution in [0.15, 0.2) is 35.5 Å². The predicted octanol–water partition coefficient (Wildman–Crippen LogP) is 1.75. The third-order valence-corrected chi connectivity index (χ3v) is 3.50. The van der Waals surface area contributed by atoms with E-state index in [0.717, 1.165) is 29.6 Å². The summed E-state index contributed by atoms with van der Waals surface area (Å²) >= 11 is 1.70. The Kier molecular flexibility index (Phi) is 5.16. The van der Waals surface area contributed by atoms with E-state index in [2.05, 4.69) is 20.8 Å². The van der Waals surface area contributed by atoms with E-state index in [1.165, 1.54) is 6.42 Å². The van der Waals surface area contributed by atoms with Crippen LogP contribution in [0.4, 0.5) is 0 Å². The molecular weight excluding hydrogens is 246 g/mol. The maximum atomic E-state index is 4.06. The fourth-order valence-electron chi connectivity index (χ4n) is 1.57. The number of aromatic nitrogens is 4. The Labute approximate surface area is 111 Å². The second-order valence-electron chi connectivity index (χ2n) is 3.87. The fourth-order valence-corrected chi connectivity index (χ4v) is 2.46. The summed E-state index contributed by atoms with van der Waals surface area (Å²) in [6.45, 7) is 1.06. The number of thioether (sulfide) groups is 1. The molecule has 0 fully saturated rings. The van der Waals surface area contributed by atoms with Crippen molar-refractivity contribution in [2.24, 2.45) is 0 Å². The van der Waals surface area contributed by atoms with E-state index in [0.29, 0.717) is 0 Å². The first kappa shape index (κ1) is 13.0. The third-order valence-electron chi connectivity index (χ3n) is 2.49. The minimum absolute atomic E-state index is 0.852. The van der Waals surface area contributed by atoms with E-state index >= 15 is 0 Å². The van der Waals surface area contributed by atoms with Gasteiger partial charge in [-0.3, -0.25) is 0 Å². The van der Waals surface area contributed by atoms with E-state index in [4.69, 9.17) is 0 Å². The number of nitrogens with one attached hydrogen (secondary N) is 1. The molecule has 1 heterocycles. The summed E-state index contributed by atoms with van der Waals surface area (Å²) in [5.41, 5.74) is 1.00. The Hall–Kier alpha value is -1.40. The second kappa shape index (κ2) is 7.13. The zero-order valence-electron chi connectivity index (χ0n) is 10.4. The van der Waals surface area contributed by atoms with Crippen molar-refractivity contribution in [3.05, 3.63) is 30.3 Å². The molecule has 0 saturated carbocycles. The first-order chi connectivity index (χ1) is 8.92. The standard InChI is InChI=1S/C12H17N5S/c1-13-9-5-6-10-18-12-14-15-16-17(12)11-7-3-2-4-8-11/h2-4,7-8,13H,5-6,9-10H2,1H3. The highest BCUT2D eigenvalue weighted by atomic mass is 32.2. The van der Waals surface area contributed by atoms with Crippen molar-refractivity contribution in [1.82, 2.24) is 25.5 Å². The fraction of sp³-hybridized carbons (Fsp3) is 0.417. The lowest BCUT2D eigenvalue weighted by atomic mass is 10.3. The van der Waals surface area contributed by atoms with E-state index < -0.39 is 0 Å². The summed E-state index contributed by atoms with van der Waals surface area (Å²) in [6.07, 6.45) is 2.34. The molecule has 0 aliphatic heterocycles. The maximum absolute atomic E-state index is 4.06. The molecule has 5 nitrogen and oxygen atoms in total. The average Bonchev–Trinajstić information content (AvgIpc) is 2.88. The Morgan fingerprint density at radius 2 is 2.06 bits per heavy atom. The van der Waals surface area contributed by atoms with Gasteiger partial charge in [0.1, 0.15) is 0 Å². The van der Waals surface area contributed by atoms with Crippen LogP contribution in [-0.4, -0.2) is 39.6 Å². The van der Waals surface area contributed by atoms with Gasteiger partial charge in [-0.25, -0.2) is 0 Å². The minimum atomic E-state index is 0.852. The molecule has 6 heteroatoms. The number of tetrazole rings is 1. The topological polar surface area (TPSA) is 55.6 Å². The van der Waals surface area contributed by atoms with Crippen LogP contribution in [0, 0.1) is 0 Å². The van der Waals surface area contributed by atoms with Gasteiger partial charge >= 0.3 is 0 Å². The number of hydrogen-bond donors (Lipinski definition) is 1. The molecule has 0 amide bonds. The van der Waals surface area contributed by atoms with Gasteiger partial charge in [0.2, 0.25) is 5.16 Å². The lowest BCUT2D eigenvalue weighted by Gasteiger charge is -2.03. The highest BCUT2D eigenvalue weighted by molar-refractivity contribution is 7.99. The van der Waals surface area contributed by atoms with Gasteiger partial charge in [0.15, 0.2) is 0 Å². The number of para-hydroxylation sites is 1. The van der Waals surface area contributed by atoms with Gasteiger partial charge in [-0.05, 0) is 49.0 Å². The van der Waals surface area contributed by atoms with E-state index in [1.807, 2.05) is 37.4 Å². The van der Waals surface area contributed by atoms with Gasteiger partial charge < -0.3 is 5.32 Å². The van der Waals surface area contributed by atoms with Crippen LogP contribution in [0.1, 0.15) is 12.8 Å². The van der Waals surface area contributed by atoms with Crippen molar-refractivity contribution in [2.75, 3.05) is 19.3 Å². The van der Waals surface area contributed by atoms with Crippen molar-refractivity contribution >= 4 is 11.8 Å².